The number of nitrogens with zero attached hydrogens (tertiary/aromatic N) is 1. The van der Waals surface area contributed by atoms with Crippen molar-refractivity contribution in [1.82, 2.24) is 10.2 Å². The van der Waals surface area contributed by atoms with Crippen molar-refractivity contribution >= 4 is 28.9 Å². The van der Waals surface area contributed by atoms with Crippen LogP contribution < -0.4 is 11.1 Å². The molecule has 16 heavy (non-hydrogen) atoms. The van der Waals surface area contributed by atoms with Gasteiger partial charge >= 0.3 is 0 Å². The first-order valence-electron chi connectivity index (χ1n) is 4.77. The van der Waals surface area contributed by atoms with Gasteiger partial charge in [-0.3, -0.25) is 9.89 Å². The van der Waals surface area contributed by atoms with E-state index in [2.05, 4.69) is 15.5 Å². The second kappa shape index (κ2) is 6.19. The second-order valence-electron chi connectivity index (χ2n) is 3.17. The van der Waals surface area contributed by atoms with E-state index in [1.54, 1.807) is 7.11 Å². The summed E-state index contributed by atoms with van der Waals surface area (Å²) < 4.78 is 4.85. The summed E-state index contributed by atoms with van der Waals surface area (Å²) in [5.41, 5.74) is 5.99. The molecule has 0 spiro atoms. The van der Waals surface area contributed by atoms with Crippen molar-refractivity contribution in [3.8, 4) is 0 Å². The number of nitrogens with one attached hydrogen (secondary N) is 2. The lowest BCUT2D eigenvalue weighted by Crippen LogP contribution is -2.17. The van der Waals surface area contributed by atoms with Gasteiger partial charge in [-0.1, -0.05) is 12.2 Å². The maximum atomic E-state index is 11.5. The van der Waals surface area contributed by atoms with Crippen LogP contribution in [-0.2, 0) is 9.53 Å². The fourth-order valence-corrected chi connectivity index (χ4v) is 1.30. The fourth-order valence-electron chi connectivity index (χ4n) is 1.15. The highest BCUT2D eigenvalue weighted by molar-refractivity contribution is 7.80. The van der Waals surface area contributed by atoms with Crippen LogP contribution in [0.2, 0.25) is 0 Å². The van der Waals surface area contributed by atoms with E-state index in [1.807, 2.05) is 0 Å². The number of H-pyrrole nitrogens is 1. The molecule has 1 heterocycles. The average Bonchev–Trinajstić information content (AvgIpc) is 2.66. The average molecular weight is 242 g/mol. The topological polar surface area (TPSA) is 93.0 Å². The summed E-state index contributed by atoms with van der Waals surface area (Å²) in [5.74, 6) is 0.314. The van der Waals surface area contributed by atoms with Crippen LogP contribution in [0.1, 0.15) is 18.4 Å². The number of methoxy groups -OCH3 is 1. The molecule has 0 bridgehead atoms. The Labute approximate surface area is 98.5 Å². The van der Waals surface area contributed by atoms with Gasteiger partial charge in [-0.2, -0.15) is 5.10 Å². The summed E-state index contributed by atoms with van der Waals surface area (Å²) in [7, 11) is 1.60. The van der Waals surface area contributed by atoms with Crippen LogP contribution >= 0.6 is 12.2 Å². The molecule has 0 radical (unpaired) electrons. The first-order valence-corrected chi connectivity index (χ1v) is 5.18. The highest BCUT2D eigenvalue weighted by Gasteiger charge is 2.10. The first kappa shape index (κ1) is 12.6. The van der Waals surface area contributed by atoms with Crippen LogP contribution in [-0.4, -0.2) is 34.8 Å². The lowest BCUT2D eigenvalue weighted by atomic mass is 10.3. The minimum Gasteiger partial charge on any atom is -0.389 e. The van der Waals surface area contributed by atoms with E-state index in [4.69, 9.17) is 22.7 Å². The quantitative estimate of drug-likeness (QED) is 0.496. The molecule has 1 aromatic rings. The minimum absolute atomic E-state index is 0.126. The summed E-state index contributed by atoms with van der Waals surface area (Å²) >= 11 is 4.81. The third-order valence-electron chi connectivity index (χ3n) is 1.92. The molecule has 0 aliphatic rings. The Morgan fingerprint density at radius 2 is 2.50 bits per heavy atom. The number of carbonyl (C=O) groups excluding carboxylic acids is 1. The second-order valence-corrected chi connectivity index (χ2v) is 3.61. The molecule has 0 aliphatic heterocycles. The van der Waals surface area contributed by atoms with Gasteiger partial charge in [0.2, 0.25) is 5.91 Å². The Bertz CT molecular complexity index is 377. The number of anilines is 1. The van der Waals surface area contributed by atoms with Crippen molar-refractivity contribution in [1.29, 1.82) is 0 Å². The van der Waals surface area contributed by atoms with Crippen molar-refractivity contribution in [2.75, 3.05) is 19.0 Å². The standard InChI is InChI=1S/C9H14N4O2S/c1-15-4-2-3-7(14)12-9-6(8(10)16)5-11-13-9/h5H,2-4H2,1H3,(H2,10,16)(H2,11,12,13,14). The molecule has 1 rings (SSSR count). The molecular weight excluding hydrogens is 228 g/mol. The van der Waals surface area contributed by atoms with Crippen LogP contribution in [0.25, 0.3) is 0 Å². The van der Waals surface area contributed by atoms with Gasteiger partial charge in [0.15, 0.2) is 0 Å². The molecule has 1 amide bonds. The third kappa shape index (κ3) is 3.59. The molecule has 1 aromatic heterocycles. The maximum absolute atomic E-state index is 11.5. The molecule has 6 nitrogen and oxygen atoms in total. The number of rotatable bonds is 6. The molecule has 88 valence electrons. The van der Waals surface area contributed by atoms with Crippen molar-refractivity contribution < 1.29 is 9.53 Å². The monoisotopic (exact) mass is 242 g/mol. The summed E-state index contributed by atoms with van der Waals surface area (Å²) in [6.45, 7) is 0.554. The Morgan fingerprint density at radius 1 is 1.75 bits per heavy atom. The molecular formula is C9H14N4O2S. The summed E-state index contributed by atoms with van der Waals surface area (Å²) in [4.78, 5) is 11.7. The number of amides is 1. The van der Waals surface area contributed by atoms with Crippen LogP contribution in [0.15, 0.2) is 6.20 Å². The lowest BCUT2D eigenvalue weighted by Gasteiger charge is -2.04. The first-order chi connectivity index (χ1) is 7.65. The molecule has 0 aliphatic carbocycles. The van der Waals surface area contributed by atoms with Crippen LogP contribution in [0, 0.1) is 0 Å². The normalized spacial score (nSPS) is 10.1. The zero-order valence-corrected chi connectivity index (χ0v) is 9.76. The summed E-state index contributed by atoms with van der Waals surface area (Å²) in [6, 6.07) is 0. The van der Waals surface area contributed by atoms with Gasteiger partial charge in [0.1, 0.15) is 10.8 Å². The predicted molar refractivity (Wildman–Crippen MR) is 64.2 cm³/mol. The van der Waals surface area contributed by atoms with Gasteiger partial charge in [0.05, 0.1) is 11.8 Å². The zero-order chi connectivity index (χ0) is 12.0. The predicted octanol–water partition coefficient (Wildman–Crippen LogP) is 0.409. The van der Waals surface area contributed by atoms with Crippen molar-refractivity contribution in [2.45, 2.75) is 12.8 Å². The molecule has 0 atom stereocenters. The van der Waals surface area contributed by atoms with Gasteiger partial charge in [-0.25, -0.2) is 0 Å². The Kier molecular flexibility index (Phi) is 4.87. The maximum Gasteiger partial charge on any atom is 0.225 e. The van der Waals surface area contributed by atoms with Crippen molar-refractivity contribution in [3.05, 3.63) is 11.8 Å². The van der Waals surface area contributed by atoms with Gasteiger partial charge in [-0.15, -0.1) is 0 Å². The number of ether oxygens (including phenoxy) is 1. The van der Waals surface area contributed by atoms with Crippen LogP contribution in [0.5, 0.6) is 0 Å². The molecule has 0 unspecified atom stereocenters. The van der Waals surface area contributed by atoms with Gasteiger partial charge in [-0.05, 0) is 6.42 Å². The number of hydrogen-bond acceptors (Lipinski definition) is 4. The molecule has 0 aromatic carbocycles. The molecule has 0 saturated carbocycles. The molecule has 7 heteroatoms. The number of nitrogens with two attached hydrogens (primary N) is 1. The molecule has 0 fully saturated rings. The van der Waals surface area contributed by atoms with E-state index in [0.29, 0.717) is 30.8 Å². The third-order valence-corrected chi connectivity index (χ3v) is 2.14. The molecule has 4 N–H and O–H groups in total. The van der Waals surface area contributed by atoms with Crippen molar-refractivity contribution in [3.63, 3.8) is 0 Å². The minimum atomic E-state index is -0.126. The van der Waals surface area contributed by atoms with E-state index in [0.717, 1.165) is 0 Å². The Morgan fingerprint density at radius 3 is 3.12 bits per heavy atom. The summed E-state index contributed by atoms with van der Waals surface area (Å²) in [5, 5.41) is 9.04. The van der Waals surface area contributed by atoms with Crippen molar-refractivity contribution in [2.24, 2.45) is 5.73 Å². The number of thiocarbonyl (C=S) groups is 1. The van der Waals surface area contributed by atoms with Gasteiger partial charge < -0.3 is 15.8 Å². The lowest BCUT2D eigenvalue weighted by molar-refractivity contribution is -0.116. The zero-order valence-electron chi connectivity index (χ0n) is 8.95. The van der Waals surface area contributed by atoms with E-state index >= 15 is 0 Å². The Hall–Kier alpha value is -1.47. The number of aromatic nitrogens is 2. The van der Waals surface area contributed by atoms with E-state index < -0.39 is 0 Å². The van der Waals surface area contributed by atoms with Crippen LogP contribution in [0.4, 0.5) is 5.82 Å². The highest BCUT2D eigenvalue weighted by atomic mass is 32.1. The fraction of sp³-hybridized carbons (Fsp3) is 0.444. The Balaban J connectivity index is 2.49. The van der Waals surface area contributed by atoms with E-state index in [9.17, 15) is 4.79 Å². The summed E-state index contributed by atoms with van der Waals surface area (Å²) in [6.07, 6.45) is 2.52. The van der Waals surface area contributed by atoms with Gasteiger partial charge in [0, 0.05) is 20.1 Å². The number of carbonyl (C=O) groups is 1. The SMILES string of the molecule is COCCCC(=O)Nc1[nH]ncc1C(N)=S. The number of hydrogen-bond donors (Lipinski definition) is 3. The van der Waals surface area contributed by atoms with E-state index in [-0.39, 0.29) is 10.9 Å². The molecule has 0 saturated heterocycles. The van der Waals surface area contributed by atoms with E-state index in [1.165, 1.54) is 6.20 Å². The number of aromatic amines is 1. The highest BCUT2D eigenvalue weighted by Crippen LogP contribution is 2.10. The smallest absolute Gasteiger partial charge is 0.225 e. The van der Waals surface area contributed by atoms with Crippen LogP contribution in [0.3, 0.4) is 0 Å². The largest absolute Gasteiger partial charge is 0.389 e. The van der Waals surface area contributed by atoms with Gasteiger partial charge in [0.25, 0.3) is 0 Å².